The molecule has 0 saturated carbocycles. The van der Waals surface area contributed by atoms with E-state index in [1.165, 1.54) is 0 Å². The summed E-state index contributed by atoms with van der Waals surface area (Å²) in [7, 11) is 5.61. The van der Waals surface area contributed by atoms with Gasteiger partial charge in [-0.25, -0.2) is 4.79 Å². The first-order valence-corrected chi connectivity index (χ1v) is 3.63. The Bertz CT molecular complexity index is 228. The highest BCUT2D eigenvalue weighted by Gasteiger charge is 2.18. The summed E-state index contributed by atoms with van der Waals surface area (Å²) < 4.78 is 5.32. The maximum atomic E-state index is 11.0. The number of hydrogen-bond acceptors (Lipinski definition) is 2. The number of rotatable bonds is 3. The van der Waals surface area contributed by atoms with Crippen LogP contribution in [0.1, 0.15) is 6.92 Å². The topological polar surface area (TPSA) is 26.3 Å². The first kappa shape index (κ1) is 14.7. The van der Waals surface area contributed by atoms with Gasteiger partial charge in [0.05, 0.1) is 21.1 Å². The minimum Gasteiger partial charge on any atom is -1.00 e. The molecule has 0 heterocycles. The number of carbonyl (C=O) groups is 1. The number of carbonyl (C=O) groups excluding carboxylic acids is 1. The predicted molar refractivity (Wildman–Crippen MR) is 48.1 cm³/mol. The van der Waals surface area contributed by atoms with E-state index < -0.39 is 5.97 Å². The fourth-order valence-electron chi connectivity index (χ4n) is 0.331. The highest BCUT2D eigenvalue weighted by Crippen LogP contribution is 2.08. The van der Waals surface area contributed by atoms with Gasteiger partial charge in [-0.2, -0.15) is 0 Å². The molecule has 0 aromatic carbocycles. The second-order valence-electron chi connectivity index (χ2n) is 3.58. The van der Waals surface area contributed by atoms with E-state index in [1.54, 1.807) is 6.92 Å². The minimum absolute atomic E-state index is 0. The summed E-state index contributed by atoms with van der Waals surface area (Å²) in [5, 5.41) is 0. The molecule has 0 aliphatic heterocycles. The number of ether oxygens (including phenoxy) is 1. The molecule has 0 bridgehead atoms. The molecule has 0 atom stereocenters. The number of nitrogens with zero attached hydrogens (tertiary/aromatic N) is 1. The van der Waals surface area contributed by atoms with Gasteiger partial charge in [-0.05, 0) is 6.92 Å². The van der Waals surface area contributed by atoms with E-state index in [-0.39, 0.29) is 12.4 Å². The molecule has 13 heavy (non-hydrogen) atoms. The van der Waals surface area contributed by atoms with Crippen LogP contribution in [0.4, 0.5) is 0 Å². The highest BCUT2D eigenvalue weighted by atomic mass is 35.5. The van der Waals surface area contributed by atoms with Crippen molar-refractivity contribution in [3.8, 4) is 0 Å². The SMILES string of the molecule is C=C(C)C(=O)OC(=C)[N+](C)(C)C.[Cl-]. The minimum atomic E-state index is -0.423. The van der Waals surface area contributed by atoms with Gasteiger partial charge in [0.2, 0.25) is 0 Å². The van der Waals surface area contributed by atoms with Crippen LogP contribution in [0.5, 0.6) is 0 Å². The van der Waals surface area contributed by atoms with Gasteiger partial charge in [0, 0.05) is 12.2 Å². The van der Waals surface area contributed by atoms with Crippen LogP contribution in [-0.2, 0) is 9.53 Å². The van der Waals surface area contributed by atoms with Crippen LogP contribution >= 0.6 is 0 Å². The standard InChI is InChI=1S/C9H16NO2.ClH/c1-7(2)9(11)12-8(3)10(4,5)6;/h1,3H2,2,4-6H3;1H/q+1;/p-1. The van der Waals surface area contributed by atoms with Crippen LogP contribution in [0.3, 0.4) is 0 Å². The molecule has 3 nitrogen and oxygen atoms in total. The van der Waals surface area contributed by atoms with E-state index in [1.807, 2.05) is 21.1 Å². The summed E-state index contributed by atoms with van der Waals surface area (Å²) in [5.74, 6) is -0.0175. The molecule has 0 rings (SSSR count). The van der Waals surface area contributed by atoms with Gasteiger partial charge in [-0.15, -0.1) is 0 Å². The third-order valence-corrected chi connectivity index (χ3v) is 1.31. The van der Waals surface area contributed by atoms with Crippen LogP contribution < -0.4 is 12.4 Å². The third kappa shape index (κ3) is 5.44. The number of halogens is 1. The van der Waals surface area contributed by atoms with Gasteiger partial charge in [0.1, 0.15) is 0 Å². The molecule has 0 spiro atoms. The molecule has 0 radical (unpaired) electrons. The fourth-order valence-corrected chi connectivity index (χ4v) is 0.331. The van der Waals surface area contributed by atoms with Crippen molar-refractivity contribution >= 4 is 5.97 Å². The van der Waals surface area contributed by atoms with Crippen molar-refractivity contribution in [3.05, 3.63) is 24.6 Å². The fraction of sp³-hybridized carbons (Fsp3) is 0.444. The molecule has 0 aliphatic carbocycles. The van der Waals surface area contributed by atoms with Crippen LogP contribution in [-0.4, -0.2) is 31.6 Å². The van der Waals surface area contributed by atoms with E-state index in [0.717, 1.165) is 0 Å². The van der Waals surface area contributed by atoms with Gasteiger partial charge >= 0.3 is 5.97 Å². The van der Waals surface area contributed by atoms with Crippen molar-refractivity contribution in [2.24, 2.45) is 0 Å². The third-order valence-electron chi connectivity index (χ3n) is 1.31. The zero-order valence-electron chi connectivity index (χ0n) is 8.56. The van der Waals surface area contributed by atoms with Crippen molar-refractivity contribution < 1.29 is 26.4 Å². The second kappa shape index (κ2) is 5.04. The molecule has 0 N–H and O–H groups in total. The Kier molecular flexibility index (Phi) is 5.71. The van der Waals surface area contributed by atoms with E-state index >= 15 is 0 Å². The maximum absolute atomic E-state index is 11.0. The summed E-state index contributed by atoms with van der Waals surface area (Å²) in [6.45, 7) is 8.71. The lowest BCUT2D eigenvalue weighted by molar-refractivity contribution is -0.845. The van der Waals surface area contributed by atoms with Gasteiger partial charge in [-0.3, -0.25) is 4.48 Å². The molecular weight excluding hydrogens is 190 g/mol. The Balaban J connectivity index is 0. The summed E-state index contributed by atoms with van der Waals surface area (Å²) in [4.78, 5) is 11.0. The predicted octanol–water partition coefficient (Wildman–Crippen LogP) is -1.71. The number of esters is 1. The van der Waals surface area contributed by atoms with Crippen LogP contribution in [0.2, 0.25) is 0 Å². The molecule has 0 unspecified atom stereocenters. The Labute approximate surface area is 85.7 Å². The Hall–Kier alpha value is -0.800. The lowest BCUT2D eigenvalue weighted by Gasteiger charge is -2.23. The van der Waals surface area contributed by atoms with Crippen molar-refractivity contribution in [1.82, 2.24) is 0 Å². The Morgan fingerprint density at radius 3 is 1.85 bits per heavy atom. The summed E-state index contributed by atoms with van der Waals surface area (Å²) in [6, 6.07) is 0. The number of quaternary nitrogens is 1. The zero-order valence-corrected chi connectivity index (χ0v) is 9.31. The molecule has 0 saturated heterocycles. The van der Waals surface area contributed by atoms with Crippen LogP contribution in [0.25, 0.3) is 0 Å². The summed E-state index contributed by atoms with van der Waals surface area (Å²) in [6.07, 6.45) is 0. The van der Waals surface area contributed by atoms with Gasteiger partial charge < -0.3 is 17.1 Å². The lowest BCUT2D eigenvalue weighted by atomic mass is 10.4. The van der Waals surface area contributed by atoms with Crippen LogP contribution in [0.15, 0.2) is 24.6 Å². The number of hydrogen-bond donors (Lipinski definition) is 0. The quantitative estimate of drug-likeness (QED) is 0.237. The monoisotopic (exact) mass is 205 g/mol. The molecular formula is C9H16ClNO2. The van der Waals surface area contributed by atoms with Crippen molar-refractivity contribution in [3.63, 3.8) is 0 Å². The maximum Gasteiger partial charge on any atom is 0.342 e. The molecule has 0 aliphatic rings. The second-order valence-corrected chi connectivity index (χ2v) is 3.58. The Morgan fingerprint density at radius 1 is 1.23 bits per heavy atom. The lowest BCUT2D eigenvalue weighted by Crippen LogP contribution is -3.00. The average Bonchev–Trinajstić information content (AvgIpc) is 1.85. The van der Waals surface area contributed by atoms with E-state index in [9.17, 15) is 4.79 Å². The molecule has 4 heteroatoms. The average molecular weight is 206 g/mol. The molecule has 0 fully saturated rings. The van der Waals surface area contributed by atoms with E-state index in [0.29, 0.717) is 15.9 Å². The van der Waals surface area contributed by atoms with E-state index in [2.05, 4.69) is 13.2 Å². The van der Waals surface area contributed by atoms with E-state index in [4.69, 9.17) is 4.74 Å². The summed E-state index contributed by atoms with van der Waals surface area (Å²) >= 11 is 0. The van der Waals surface area contributed by atoms with Crippen molar-refractivity contribution in [2.45, 2.75) is 6.92 Å². The molecule has 0 aromatic heterocycles. The molecule has 76 valence electrons. The Morgan fingerprint density at radius 2 is 1.62 bits per heavy atom. The largest absolute Gasteiger partial charge is 1.00 e. The normalized spacial score (nSPS) is 9.85. The molecule has 0 aromatic rings. The zero-order chi connectivity index (χ0) is 9.94. The van der Waals surface area contributed by atoms with Crippen molar-refractivity contribution in [2.75, 3.05) is 21.1 Å². The smallest absolute Gasteiger partial charge is 0.342 e. The molecule has 0 amide bonds. The van der Waals surface area contributed by atoms with Gasteiger partial charge in [-0.1, -0.05) is 6.58 Å². The first-order chi connectivity index (χ1) is 5.25. The van der Waals surface area contributed by atoms with Crippen LogP contribution in [0, 0.1) is 0 Å². The summed E-state index contributed by atoms with van der Waals surface area (Å²) in [5.41, 5.74) is 0.379. The van der Waals surface area contributed by atoms with Gasteiger partial charge in [0.15, 0.2) is 0 Å². The first-order valence-electron chi connectivity index (χ1n) is 3.63. The van der Waals surface area contributed by atoms with Crippen molar-refractivity contribution in [1.29, 1.82) is 0 Å². The van der Waals surface area contributed by atoms with Gasteiger partial charge in [0.25, 0.3) is 5.88 Å². The highest BCUT2D eigenvalue weighted by molar-refractivity contribution is 5.87.